The van der Waals surface area contributed by atoms with Gasteiger partial charge in [0.15, 0.2) is 5.13 Å². The lowest BCUT2D eigenvalue weighted by Crippen LogP contribution is -2.45. The van der Waals surface area contributed by atoms with Crippen molar-refractivity contribution in [3.63, 3.8) is 0 Å². The standard InChI is InChI=1S/C15H25N3OS/c1-8(2)11-6-5-9(3)7-12(11)18-14(19)13-10(4)17-15(16)20-13/h8-9,11-12H,5-7H2,1-4H3,(H2,16,17)(H,18,19). The van der Waals surface area contributed by atoms with Crippen LogP contribution in [0.2, 0.25) is 0 Å². The first-order valence-corrected chi connectivity index (χ1v) is 8.24. The lowest BCUT2D eigenvalue weighted by molar-refractivity contribution is 0.0871. The van der Waals surface area contributed by atoms with Gasteiger partial charge < -0.3 is 11.1 Å². The van der Waals surface area contributed by atoms with E-state index in [4.69, 9.17) is 5.73 Å². The number of anilines is 1. The van der Waals surface area contributed by atoms with Gasteiger partial charge in [0.1, 0.15) is 4.88 Å². The molecule has 4 nitrogen and oxygen atoms in total. The van der Waals surface area contributed by atoms with Crippen LogP contribution in [0.4, 0.5) is 5.13 Å². The predicted molar refractivity (Wildman–Crippen MR) is 83.9 cm³/mol. The third-order valence-corrected chi connectivity index (χ3v) is 5.34. The number of rotatable bonds is 3. The zero-order valence-corrected chi connectivity index (χ0v) is 13.6. The van der Waals surface area contributed by atoms with E-state index < -0.39 is 0 Å². The molecule has 0 radical (unpaired) electrons. The summed E-state index contributed by atoms with van der Waals surface area (Å²) in [6, 6.07) is 0.272. The smallest absolute Gasteiger partial charge is 0.263 e. The van der Waals surface area contributed by atoms with Gasteiger partial charge >= 0.3 is 0 Å². The van der Waals surface area contributed by atoms with Crippen molar-refractivity contribution in [3.05, 3.63) is 10.6 Å². The van der Waals surface area contributed by atoms with Crippen molar-refractivity contribution in [2.45, 2.75) is 53.0 Å². The van der Waals surface area contributed by atoms with E-state index in [9.17, 15) is 4.79 Å². The molecule has 0 bridgehead atoms. The van der Waals surface area contributed by atoms with Crippen LogP contribution in [0.25, 0.3) is 0 Å². The monoisotopic (exact) mass is 295 g/mol. The molecule has 1 aromatic heterocycles. The van der Waals surface area contributed by atoms with Gasteiger partial charge in [-0.1, -0.05) is 38.5 Å². The van der Waals surface area contributed by atoms with Gasteiger partial charge in [-0.05, 0) is 37.5 Å². The number of aryl methyl sites for hydroxylation is 1. The molecule has 3 N–H and O–H groups in total. The maximum Gasteiger partial charge on any atom is 0.263 e. The summed E-state index contributed by atoms with van der Waals surface area (Å²) in [5.41, 5.74) is 6.41. The zero-order chi connectivity index (χ0) is 14.9. The molecule has 5 heteroatoms. The van der Waals surface area contributed by atoms with Gasteiger partial charge in [-0.3, -0.25) is 4.79 Å². The molecule has 1 amide bonds. The van der Waals surface area contributed by atoms with Crippen molar-refractivity contribution in [2.75, 3.05) is 5.73 Å². The molecule has 1 aliphatic carbocycles. The van der Waals surface area contributed by atoms with Gasteiger partial charge in [0.2, 0.25) is 0 Å². The fraction of sp³-hybridized carbons (Fsp3) is 0.733. The highest BCUT2D eigenvalue weighted by Gasteiger charge is 2.32. The summed E-state index contributed by atoms with van der Waals surface area (Å²) in [5, 5.41) is 3.69. The number of amides is 1. The van der Waals surface area contributed by atoms with Crippen LogP contribution < -0.4 is 11.1 Å². The van der Waals surface area contributed by atoms with Crippen molar-refractivity contribution < 1.29 is 4.79 Å². The summed E-state index contributed by atoms with van der Waals surface area (Å²) in [5.74, 6) is 1.84. The first-order chi connectivity index (χ1) is 9.38. The Bertz CT molecular complexity index is 483. The number of nitrogens with one attached hydrogen (secondary N) is 1. The number of hydrogen-bond donors (Lipinski definition) is 2. The van der Waals surface area contributed by atoms with E-state index in [2.05, 4.69) is 31.1 Å². The maximum atomic E-state index is 12.4. The molecule has 2 rings (SSSR count). The maximum absolute atomic E-state index is 12.4. The highest BCUT2D eigenvalue weighted by molar-refractivity contribution is 7.17. The molecule has 1 fully saturated rings. The molecule has 0 saturated heterocycles. The largest absolute Gasteiger partial charge is 0.375 e. The molecule has 0 aliphatic heterocycles. The molecule has 3 atom stereocenters. The average Bonchev–Trinajstić information content (AvgIpc) is 2.68. The number of nitrogen functional groups attached to an aromatic ring is 1. The summed E-state index contributed by atoms with van der Waals surface area (Å²) < 4.78 is 0. The van der Waals surface area contributed by atoms with Crippen molar-refractivity contribution in [1.29, 1.82) is 0 Å². The highest BCUT2D eigenvalue weighted by atomic mass is 32.1. The minimum atomic E-state index is -0.0125. The summed E-state index contributed by atoms with van der Waals surface area (Å²) in [4.78, 5) is 17.2. The van der Waals surface area contributed by atoms with Gasteiger partial charge in [0.25, 0.3) is 5.91 Å². The zero-order valence-electron chi connectivity index (χ0n) is 12.8. The molecule has 20 heavy (non-hydrogen) atoms. The van der Waals surface area contributed by atoms with E-state index >= 15 is 0 Å². The normalized spacial score (nSPS) is 26.8. The molecule has 112 valence electrons. The van der Waals surface area contributed by atoms with E-state index in [1.807, 2.05) is 6.92 Å². The van der Waals surface area contributed by atoms with Crippen LogP contribution in [-0.2, 0) is 0 Å². The number of carbonyl (C=O) groups is 1. The van der Waals surface area contributed by atoms with Crippen LogP contribution in [0.1, 0.15) is 55.4 Å². The molecule has 0 spiro atoms. The first kappa shape index (κ1) is 15.3. The molecule has 1 heterocycles. The fourth-order valence-electron chi connectivity index (χ4n) is 3.23. The second-order valence-electron chi connectivity index (χ2n) is 6.37. The summed E-state index contributed by atoms with van der Waals surface area (Å²) in [7, 11) is 0. The summed E-state index contributed by atoms with van der Waals surface area (Å²) in [6.45, 7) is 8.60. The Morgan fingerprint density at radius 3 is 2.70 bits per heavy atom. The Morgan fingerprint density at radius 1 is 1.45 bits per heavy atom. The van der Waals surface area contributed by atoms with Crippen LogP contribution in [-0.4, -0.2) is 16.9 Å². The Kier molecular flexibility index (Phi) is 4.68. The second-order valence-corrected chi connectivity index (χ2v) is 7.40. The predicted octanol–water partition coefficient (Wildman–Crippen LogP) is 3.22. The lowest BCUT2D eigenvalue weighted by atomic mass is 9.74. The van der Waals surface area contributed by atoms with E-state index in [0.29, 0.717) is 27.8 Å². The van der Waals surface area contributed by atoms with Crippen LogP contribution in [0.15, 0.2) is 0 Å². The number of carbonyl (C=O) groups excluding carboxylic acids is 1. The number of nitrogens with zero attached hydrogens (tertiary/aromatic N) is 1. The topological polar surface area (TPSA) is 68.0 Å². The van der Waals surface area contributed by atoms with Crippen molar-refractivity contribution in [2.24, 2.45) is 17.8 Å². The minimum Gasteiger partial charge on any atom is -0.375 e. The number of thiazole rings is 1. The van der Waals surface area contributed by atoms with Gasteiger partial charge in [-0.2, -0.15) is 0 Å². The van der Waals surface area contributed by atoms with E-state index in [1.54, 1.807) is 0 Å². The molecule has 3 unspecified atom stereocenters. The third-order valence-electron chi connectivity index (χ3n) is 4.36. The SMILES string of the molecule is Cc1nc(N)sc1C(=O)NC1CC(C)CCC1C(C)C. The fourth-order valence-corrected chi connectivity index (χ4v) is 3.97. The van der Waals surface area contributed by atoms with Gasteiger partial charge in [0, 0.05) is 6.04 Å². The minimum absolute atomic E-state index is 0.0125. The molecule has 0 aromatic carbocycles. The van der Waals surface area contributed by atoms with Gasteiger partial charge in [0.05, 0.1) is 5.69 Å². The molecule has 1 aliphatic rings. The average molecular weight is 295 g/mol. The Hall–Kier alpha value is -1.10. The highest BCUT2D eigenvalue weighted by Crippen LogP contribution is 2.34. The molecular formula is C15H25N3OS. The Morgan fingerprint density at radius 2 is 2.15 bits per heavy atom. The third kappa shape index (κ3) is 3.32. The van der Waals surface area contributed by atoms with E-state index in [0.717, 1.165) is 12.1 Å². The summed E-state index contributed by atoms with van der Waals surface area (Å²) in [6.07, 6.45) is 3.54. The number of hydrogen-bond acceptors (Lipinski definition) is 4. The van der Waals surface area contributed by atoms with Crippen LogP contribution in [0, 0.1) is 24.7 Å². The van der Waals surface area contributed by atoms with Gasteiger partial charge in [-0.15, -0.1) is 0 Å². The Labute approximate surface area is 125 Å². The second kappa shape index (κ2) is 6.12. The van der Waals surface area contributed by atoms with Crippen molar-refractivity contribution >= 4 is 22.4 Å². The lowest BCUT2D eigenvalue weighted by Gasteiger charge is -2.37. The first-order valence-electron chi connectivity index (χ1n) is 7.42. The summed E-state index contributed by atoms with van der Waals surface area (Å²) >= 11 is 1.28. The number of nitrogens with two attached hydrogens (primary N) is 1. The van der Waals surface area contributed by atoms with Gasteiger partial charge in [-0.25, -0.2) is 4.98 Å². The van der Waals surface area contributed by atoms with E-state index in [1.165, 1.54) is 24.2 Å². The van der Waals surface area contributed by atoms with Crippen LogP contribution >= 0.6 is 11.3 Å². The molecule has 1 aromatic rings. The van der Waals surface area contributed by atoms with E-state index in [-0.39, 0.29) is 11.9 Å². The van der Waals surface area contributed by atoms with Crippen molar-refractivity contribution in [1.82, 2.24) is 10.3 Å². The number of aromatic nitrogens is 1. The molecule has 1 saturated carbocycles. The van der Waals surface area contributed by atoms with Crippen LogP contribution in [0.5, 0.6) is 0 Å². The molecular weight excluding hydrogens is 270 g/mol. The Balaban J connectivity index is 2.10. The van der Waals surface area contributed by atoms with Crippen molar-refractivity contribution in [3.8, 4) is 0 Å². The quantitative estimate of drug-likeness (QED) is 0.899. The van der Waals surface area contributed by atoms with Crippen LogP contribution in [0.3, 0.4) is 0 Å².